The SMILES string of the molecule is C=CC(=O)N1CC(C(=O)Nc2ccccc2C#Cc2ccccc2)C1. The summed E-state index contributed by atoms with van der Waals surface area (Å²) in [6, 6.07) is 17.1. The predicted octanol–water partition coefficient (Wildman–Crippen LogP) is 2.67. The number of likely N-dealkylation sites (tertiary alicyclic amines) is 1. The highest BCUT2D eigenvalue weighted by atomic mass is 16.2. The van der Waals surface area contributed by atoms with Crippen LogP contribution >= 0.6 is 0 Å². The van der Waals surface area contributed by atoms with Gasteiger partial charge in [0.15, 0.2) is 0 Å². The van der Waals surface area contributed by atoms with Gasteiger partial charge in [-0.3, -0.25) is 9.59 Å². The van der Waals surface area contributed by atoms with Gasteiger partial charge in [0.25, 0.3) is 0 Å². The molecular weight excluding hydrogens is 312 g/mol. The number of nitrogens with zero attached hydrogens (tertiary/aromatic N) is 1. The standard InChI is InChI=1S/C21H18N2O2/c1-2-20(24)23-14-18(15-23)21(25)22-19-11-7-6-10-17(19)13-12-16-8-4-3-5-9-16/h2-11,18H,1,14-15H2,(H,22,25). The van der Waals surface area contributed by atoms with Gasteiger partial charge >= 0.3 is 0 Å². The Labute approximate surface area is 147 Å². The zero-order valence-electron chi connectivity index (χ0n) is 13.7. The molecule has 0 saturated carbocycles. The Hall–Kier alpha value is -3.32. The van der Waals surface area contributed by atoms with Crippen LogP contribution in [0.15, 0.2) is 67.3 Å². The summed E-state index contributed by atoms with van der Waals surface area (Å²) in [5.74, 6) is 5.77. The monoisotopic (exact) mass is 330 g/mol. The van der Waals surface area contributed by atoms with Gasteiger partial charge in [-0.2, -0.15) is 0 Å². The number of anilines is 1. The number of hydrogen-bond acceptors (Lipinski definition) is 2. The van der Waals surface area contributed by atoms with Gasteiger partial charge < -0.3 is 10.2 Å². The maximum Gasteiger partial charge on any atom is 0.246 e. The molecule has 1 aliphatic rings. The average Bonchev–Trinajstić information content (AvgIpc) is 2.60. The quantitative estimate of drug-likeness (QED) is 0.695. The second kappa shape index (κ2) is 7.50. The molecule has 4 nitrogen and oxygen atoms in total. The number of nitrogens with one attached hydrogen (secondary N) is 1. The normalized spacial score (nSPS) is 13.2. The van der Waals surface area contributed by atoms with Crippen LogP contribution in [0.5, 0.6) is 0 Å². The molecule has 1 fully saturated rings. The van der Waals surface area contributed by atoms with Gasteiger partial charge in [-0.15, -0.1) is 0 Å². The summed E-state index contributed by atoms with van der Waals surface area (Å²) in [4.78, 5) is 25.4. The maximum absolute atomic E-state index is 12.4. The van der Waals surface area contributed by atoms with Crippen LogP contribution in [0.1, 0.15) is 11.1 Å². The van der Waals surface area contributed by atoms with Crippen molar-refractivity contribution in [1.82, 2.24) is 4.90 Å². The number of amides is 2. The third-order valence-electron chi connectivity index (χ3n) is 4.04. The van der Waals surface area contributed by atoms with E-state index < -0.39 is 0 Å². The molecule has 1 aliphatic heterocycles. The first kappa shape index (κ1) is 16.5. The van der Waals surface area contributed by atoms with Crippen LogP contribution < -0.4 is 5.32 Å². The third-order valence-corrected chi connectivity index (χ3v) is 4.04. The summed E-state index contributed by atoms with van der Waals surface area (Å²) in [5.41, 5.74) is 2.36. The molecule has 0 unspecified atom stereocenters. The summed E-state index contributed by atoms with van der Waals surface area (Å²) in [7, 11) is 0. The lowest BCUT2D eigenvalue weighted by Gasteiger charge is -2.37. The van der Waals surface area contributed by atoms with E-state index in [0.29, 0.717) is 18.8 Å². The van der Waals surface area contributed by atoms with Crippen molar-refractivity contribution < 1.29 is 9.59 Å². The van der Waals surface area contributed by atoms with Gasteiger partial charge in [0.05, 0.1) is 11.6 Å². The minimum Gasteiger partial charge on any atom is -0.337 e. The molecule has 2 amide bonds. The second-order valence-corrected chi connectivity index (χ2v) is 5.80. The fourth-order valence-electron chi connectivity index (χ4n) is 2.55. The van der Waals surface area contributed by atoms with Crippen molar-refractivity contribution in [1.29, 1.82) is 0 Å². The number of carbonyl (C=O) groups is 2. The Morgan fingerprint density at radius 2 is 1.72 bits per heavy atom. The van der Waals surface area contributed by atoms with Crippen molar-refractivity contribution in [2.45, 2.75) is 0 Å². The average molecular weight is 330 g/mol. The Morgan fingerprint density at radius 3 is 2.44 bits per heavy atom. The van der Waals surface area contributed by atoms with Gasteiger partial charge in [-0.05, 0) is 30.3 Å². The van der Waals surface area contributed by atoms with Crippen LogP contribution in [0.2, 0.25) is 0 Å². The van der Waals surface area contributed by atoms with E-state index in [1.165, 1.54) is 6.08 Å². The molecule has 0 aliphatic carbocycles. The molecule has 2 aromatic carbocycles. The lowest BCUT2D eigenvalue weighted by Crippen LogP contribution is -2.53. The molecule has 0 radical (unpaired) electrons. The summed E-state index contributed by atoms with van der Waals surface area (Å²) in [6.07, 6.45) is 1.27. The molecule has 2 aromatic rings. The fourth-order valence-corrected chi connectivity index (χ4v) is 2.55. The van der Waals surface area contributed by atoms with Crippen LogP contribution in [0.25, 0.3) is 0 Å². The van der Waals surface area contributed by atoms with Crippen molar-refractivity contribution >= 4 is 17.5 Å². The van der Waals surface area contributed by atoms with Crippen molar-refractivity contribution in [3.8, 4) is 11.8 Å². The number of para-hydroxylation sites is 1. The van der Waals surface area contributed by atoms with E-state index in [1.807, 2.05) is 54.6 Å². The first-order valence-electron chi connectivity index (χ1n) is 8.05. The number of rotatable bonds is 3. The molecule has 1 heterocycles. The zero-order valence-corrected chi connectivity index (χ0v) is 13.7. The van der Waals surface area contributed by atoms with E-state index in [0.717, 1.165) is 11.1 Å². The Bertz CT molecular complexity index is 856. The highest BCUT2D eigenvalue weighted by molar-refractivity contribution is 5.96. The van der Waals surface area contributed by atoms with E-state index in [4.69, 9.17) is 0 Å². The zero-order chi connectivity index (χ0) is 17.6. The molecule has 3 rings (SSSR count). The second-order valence-electron chi connectivity index (χ2n) is 5.80. The van der Waals surface area contributed by atoms with E-state index >= 15 is 0 Å². The lowest BCUT2D eigenvalue weighted by atomic mass is 9.98. The minimum atomic E-state index is -0.195. The third kappa shape index (κ3) is 3.96. The van der Waals surface area contributed by atoms with Crippen molar-refractivity contribution in [2.24, 2.45) is 5.92 Å². The Kier molecular flexibility index (Phi) is 4.96. The molecule has 1 N–H and O–H groups in total. The van der Waals surface area contributed by atoms with Gasteiger partial charge in [0.1, 0.15) is 0 Å². The molecule has 0 aromatic heterocycles. The summed E-state index contributed by atoms with van der Waals surface area (Å²) in [5, 5.41) is 2.92. The minimum absolute atomic E-state index is 0.0953. The maximum atomic E-state index is 12.4. The molecule has 25 heavy (non-hydrogen) atoms. The van der Waals surface area contributed by atoms with Crippen LogP contribution in [-0.2, 0) is 9.59 Å². The topological polar surface area (TPSA) is 49.4 Å². The predicted molar refractivity (Wildman–Crippen MR) is 97.8 cm³/mol. The van der Waals surface area contributed by atoms with E-state index in [1.54, 1.807) is 4.90 Å². The summed E-state index contributed by atoms with van der Waals surface area (Å²) in [6.45, 7) is 4.30. The molecule has 0 bridgehead atoms. The number of hydrogen-bond donors (Lipinski definition) is 1. The van der Waals surface area contributed by atoms with Gasteiger partial charge in [-0.1, -0.05) is 48.8 Å². The molecular formula is C21H18N2O2. The highest BCUT2D eigenvalue weighted by Gasteiger charge is 2.34. The largest absolute Gasteiger partial charge is 0.337 e. The summed E-state index contributed by atoms with van der Waals surface area (Å²) < 4.78 is 0. The molecule has 1 saturated heterocycles. The fraction of sp³-hybridized carbons (Fsp3) is 0.143. The van der Waals surface area contributed by atoms with Crippen molar-refractivity contribution in [3.05, 3.63) is 78.4 Å². The van der Waals surface area contributed by atoms with Gasteiger partial charge in [-0.25, -0.2) is 0 Å². The van der Waals surface area contributed by atoms with E-state index in [9.17, 15) is 9.59 Å². The highest BCUT2D eigenvalue weighted by Crippen LogP contribution is 2.20. The lowest BCUT2D eigenvalue weighted by molar-refractivity contribution is -0.137. The molecule has 4 heteroatoms. The van der Waals surface area contributed by atoms with Gasteiger partial charge in [0, 0.05) is 24.2 Å². The smallest absolute Gasteiger partial charge is 0.246 e. The van der Waals surface area contributed by atoms with Crippen molar-refractivity contribution in [2.75, 3.05) is 18.4 Å². The van der Waals surface area contributed by atoms with Crippen LogP contribution in [0, 0.1) is 17.8 Å². The molecule has 124 valence electrons. The van der Waals surface area contributed by atoms with E-state index in [2.05, 4.69) is 23.7 Å². The Morgan fingerprint density at radius 1 is 1.04 bits per heavy atom. The molecule has 0 spiro atoms. The first-order valence-corrected chi connectivity index (χ1v) is 8.05. The van der Waals surface area contributed by atoms with Crippen LogP contribution in [0.3, 0.4) is 0 Å². The van der Waals surface area contributed by atoms with Crippen LogP contribution in [-0.4, -0.2) is 29.8 Å². The van der Waals surface area contributed by atoms with Gasteiger partial charge in [0.2, 0.25) is 11.8 Å². The first-order chi connectivity index (χ1) is 12.2. The number of carbonyl (C=O) groups excluding carboxylic acids is 2. The van der Waals surface area contributed by atoms with Crippen molar-refractivity contribution in [3.63, 3.8) is 0 Å². The van der Waals surface area contributed by atoms with E-state index in [-0.39, 0.29) is 17.7 Å². The molecule has 0 atom stereocenters. The summed E-state index contributed by atoms with van der Waals surface area (Å²) >= 11 is 0. The Balaban J connectivity index is 1.68. The number of benzene rings is 2. The van der Waals surface area contributed by atoms with Crippen LogP contribution in [0.4, 0.5) is 5.69 Å².